The number of benzene rings is 1. The predicted octanol–water partition coefficient (Wildman–Crippen LogP) is 2.20. The van der Waals surface area contributed by atoms with Gasteiger partial charge in [-0.1, -0.05) is 12.1 Å². The Kier molecular flexibility index (Phi) is 5.18. The topological polar surface area (TPSA) is 29.1 Å². The van der Waals surface area contributed by atoms with Gasteiger partial charge < -0.3 is 5.32 Å². The zero-order valence-corrected chi connectivity index (χ0v) is 9.44. The Morgan fingerprint density at radius 2 is 2.07 bits per heavy atom. The average molecular weight is 227 g/mol. The number of carbonyl (C=O) groups is 1. The summed E-state index contributed by atoms with van der Waals surface area (Å²) in [5, 5.41) is 2.72. The minimum atomic E-state index is -0.229. The molecule has 4 heteroatoms. The van der Waals surface area contributed by atoms with Gasteiger partial charge in [0.25, 0.3) is 0 Å². The van der Waals surface area contributed by atoms with Crippen LogP contribution >= 0.6 is 11.8 Å². The van der Waals surface area contributed by atoms with Crippen molar-refractivity contribution in [2.45, 2.75) is 12.7 Å². The normalized spacial score (nSPS) is 10.0. The van der Waals surface area contributed by atoms with Crippen molar-refractivity contribution in [1.29, 1.82) is 0 Å². The lowest BCUT2D eigenvalue weighted by Gasteiger charge is -2.02. The molecule has 0 bridgehead atoms. The van der Waals surface area contributed by atoms with E-state index in [0.717, 1.165) is 11.3 Å². The predicted molar refractivity (Wildman–Crippen MR) is 61.2 cm³/mol. The third kappa shape index (κ3) is 4.83. The highest BCUT2D eigenvalue weighted by Crippen LogP contribution is 2.12. The Bertz CT molecular complexity index is 313. The molecule has 1 N–H and O–H groups in total. The molecule has 0 unspecified atom stereocenters. The van der Waals surface area contributed by atoms with Crippen molar-refractivity contribution in [2.75, 3.05) is 12.3 Å². The van der Waals surface area contributed by atoms with Crippen molar-refractivity contribution in [2.24, 2.45) is 0 Å². The Hall–Kier alpha value is -1.03. The van der Waals surface area contributed by atoms with Gasteiger partial charge in [0.1, 0.15) is 5.82 Å². The lowest BCUT2D eigenvalue weighted by Crippen LogP contribution is -2.24. The van der Waals surface area contributed by atoms with Gasteiger partial charge in [0.15, 0.2) is 0 Å². The number of hydrogen-bond donors (Lipinski definition) is 1. The summed E-state index contributed by atoms with van der Waals surface area (Å²) in [7, 11) is 0. The molecule has 0 radical (unpaired) electrons. The Morgan fingerprint density at radius 3 is 2.67 bits per heavy atom. The first-order chi connectivity index (χ1) is 7.22. The zero-order valence-electron chi connectivity index (χ0n) is 8.63. The summed E-state index contributed by atoms with van der Waals surface area (Å²) < 4.78 is 12.6. The van der Waals surface area contributed by atoms with Crippen molar-refractivity contribution >= 4 is 17.7 Å². The van der Waals surface area contributed by atoms with E-state index in [4.69, 9.17) is 0 Å². The van der Waals surface area contributed by atoms with Crippen LogP contribution in [0, 0.1) is 5.82 Å². The summed E-state index contributed by atoms with van der Waals surface area (Å²) >= 11 is 1.53. The van der Waals surface area contributed by atoms with E-state index in [1.165, 1.54) is 23.9 Å². The zero-order chi connectivity index (χ0) is 11.1. The van der Waals surface area contributed by atoms with Gasteiger partial charge in [0.05, 0.1) is 5.75 Å². The first-order valence-corrected chi connectivity index (χ1v) is 5.96. The van der Waals surface area contributed by atoms with E-state index in [0.29, 0.717) is 12.3 Å². The first kappa shape index (κ1) is 12.0. The van der Waals surface area contributed by atoms with E-state index in [2.05, 4.69) is 5.32 Å². The first-order valence-electron chi connectivity index (χ1n) is 4.81. The summed E-state index contributed by atoms with van der Waals surface area (Å²) in [5.41, 5.74) is 1.03. The molecule has 0 aromatic heterocycles. The van der Waals surface area contributed by atoms with Crippen LogP contribution in [0.25, 0.3) is 0 Å². The van der Waals surface area contributed by atoms with Gasteiger partial charge in [-0.05, 0) is 24.6 Å². The van der Waals surface area contributed by atoms with Gasteiger partial charge >= 0.3 is 0 Å². The molecular formula is C11H14FNOS. The van der Waals surface area contributed by atoms with Crippen molar-refractivity contribution in [3.05, 3.63) is 35.6 Å². The van der Waals surface area contributed by atoms with Crippen molar-refractivity contribution in [3.63, 3.8) is 0 Å². The second-order valence-electron chi connectivity index (χ2n) is 3.07. The molecule has 0 aliphatic rings. The van der Waals surface area contributed by atoms with Crippen LogP contribution in [0.5, 0.6) is 0 Å². The fourth-order valence-corrected chi connectivity index (χ4v) is 1.91. The van der Waals surface area contributed by atoms with E-state index in [9.17, 15) is 9.18 Å². The average Bonchev–Trinajstić information content (AvgIpc) is 2.21. The molecule has 0 aliphatic carbocycles. The summed E-state index contributed by atoms with van der Waals surface area (Å²) in [6, 6.07) is 6.34. The summed E-state index contributed by atoms with van der Waals surface area (Å²) in [5.74, 6) is 1.000. The Balaban J connectivity index is 2.26. The fourth-order valence-electron chi connectivity index (χ4n) is 1.09. The Labute approximate surface area is 93.3 Å². The molecule has 1 amide bonds. The van der Waals surface area contributed by atoms with E-state index in [-0.39, 0.29) is 11.7 Å². The maximum Gasteiger partial charge on any atom is 0.229 e. The Morgan fingerprint density at radius 1 is 1.40 bits per heavy atom. The molecular weight excluding hydrogens is 213 g/mol. The molecule has 0 heterocycles. The minimum absolute atomic E-state index is 0.0459. The number of nitrogens with one attached hydrogen (secondary N) is 1. The van der Waals surface area contributed by atoms with E-state index in [1.807, 2.05) is 6.92 Å². The van der Waals surface area contributed by atoms with Gasteiger partial charge in [0.2, 0.25) is 5.91 Å². The van der Waals surface area contributed by atoms with Crippen LogP contribution in [0.2, 0.25) is 0 Å². The molecule has 82 valence electrons. The van der Waals surface area contributed by atoms with E-state index >= 15 is 0 Å². The van der Waals surface area contributed by atoms with Gasteiger partial charge in [-0.2, -0.15) is 0 Å². The fraction of sp³-hybridized carbons (Fsp3) is 0.364. The molecule has 0 atom stereocenters. The summed E-state index contributed by atoms with van der Waals surface area (Å²) in [6.45, 7) is 2.55. The number of rotatable bonds is 5. The second kappa shape index (κ2) is 6.45. The van der Waals surface area contributed by atoms with Gasteiger partial charge in [-0.3, -0.25) is 4.79 Å². The highest BCUT2D eigenvalue weighted by molar-refractivity contribution is 7.99. The molecule has 1 aromatic rings. The monoisotopic (exact) mass is 227 g/mol. The third-order valence-corrected chi connectivity index (χ3v) is 2.79. The maximum atomic E-state index is 12.6. The number of thioether (sulfide) groups is 1. The summed E-state index contributed by atoms with van der Waals surface area (Å²) in [4.78, 5) is 11.1. The van der Waals surface area contributed by atoms with Gasteiger partial charge in [-0.15, -0.1) is 11.8 Å². The van der Waals surface area contributed by atoms with Crippen LogP contribution in [0.4, 0.5) is 4.39 Å². The number of amides is 1. The van der Waals surface area contributed by atoms with Crippen molar-refractivity contribution < 1.29 is 9.18 Å². The molecule has 0 fully saturated rings. The van der Waals surface area contributed by atoms with Crippen molar-refractivity contribution in [1.82, 2.24) is 5.32 Å². The molecule has 2 nitrogen and oxygen atoms in total. The summed E-state index contributed by atoms with van der Waals surface area (Å²) in [6.07, 6.45) is 0. The van der Waals surface area contributed by atoms with Gasteiger partial charge in [0, 0.05) is 12.3 Å². The number of carbonyl (C=O) groups excluding carboxylic acids is 1. The number of hydrogen-bond acceptors (Lipinski definition) is 2. The van der Waals surface area contributed by atoms with E-state index < -0.39 is 0 Å². The number of halogens is 1. The molecule has 0 saturated heterocycles. The molecule has 0 spiro atoms. The smallest absolute Gasteiger partial charge is 0.229 e. The maximum absolute atomic E-state index is 12.6. The molecule has 0 saturated carbocycles. The highest BCUT2D eigenvalue weighted by atomic mass is 32.2. The van der Waals surface area contributed by atoms with Crippen LogP contribution in [0.15, 0.2) is 24.3 Å². The van der Waals surface area contributed by atoms with Crippen LogP contribution in [-0.2, 0) is 10.5 Å². The standard InChI is InChI=1S/C11H14FNOS/c1-2-13-11(14)8-15-7-9-3-5-10(12)6-4-9/h3-6H,2,7-8H2,1H3,(H,13,14). The van der Waals surface area contributed by atoms with Crippen molar-refractivity contribution in [3.8, 4) is 0 Å². The molecule has 15 heavy (non-hydrogen) atoms. The van der Waals surface area contributed by atoms with Gasteiger partial charge in [-0.25, -0.2) is 4.39 Å². The third-order valence-electron chi connectivity index (χ3n) is 1.79. The van der Waals surface area contributed by atoms with Crippen LogP contribution in [0.1, 0.15) is 12.5 Å². The lowest BCUT2D eigenvalue weighted by atomic mass is 10.2. The minimum Gasteiger partial charge on any atom is -0.356 e. The van der Waals surface area contributed by atoms with Crippen LogP contribution in [-0.4, -0.2) is 18.2 Å². The lowest BCUT2D eigenvalue weighted by molar-refractivity contribution is -0.118. The molecule has 1 rings (SSSR count). The second-order valence-corrected chi connectivity index (χ2v) is 4.06. The largest absolute Gasteiger partial charge is 0.356 e. The van der Waals surface area contributed by atoms with Crippen LogP contribution < -0.4 is 5.32 Å². The quantitative estimate of drug-likeness (QED) is 0.835. The van der Waals surface area contributed by atoms with Crippen LogP contribution in [0.3, 0.4) is 0 Å². The molecule has 1 aromatic carbocycles. The SMILES string of the molecule is CCNC(=O)CSCc1ccc(F)cc1. The highest BCUT2D eigenvalue weighted by Gasteiger charge is 2.00. The molecule has 0 aliphatic heterocycles. The van der Waals surface area contributed by atoms with E-state index in [1.54, 1.807) is 12.1 Å².